The highest BCUT2D eigenvalue weighted by Crippen LogP contribution is 2.36. The van der Waals surface area contributed by atoms with E-state index in [1.165, 1.54) is 13.1 Å². The normalized spacial score (nSPS) is 17.7. The summed E-state index contributed by atoms with van der Waals surface area (Å²) in [5.74, 6) is -0.219. The molecule has 2 aromatic carbocycles. The second-order valence-electron chi connectivity index (χ2n) is 7.80. The van der Waals surface area contributed by atoms with Gasteiger partial charge in [0, 0.05) is 25.3 Å². The molecule has 0 unspecified atom stereocenters. The minimum Gasteiger partial charge on any atom is -0.478 e. The first-order valence-corrected chi connectivity index (χ1v) is 11.6. The maximum Gasteiger partial charge on any atom is 0.265 e. The number of carbonyl (C=O) groups is 2. The van der Waals surface area contributed by atoms with Gasteiger partial charge in [0.05, 0.1) is 17.1 Å². The topological polar surface area (TPSA) is 96.0 Å². The van der Waals surface area contributed by atoms with E-state index in [9.17, 15) is 18.0 Å². The minimum atomic E-state index is -3.95. The van der Waals surface area contributed by atoms with Gasteiger partial charge in [0.2, 0.25) is 15.9 Å². The summed E-state index contributed by atoms with van der Waals surface area (Å²) in [6, 6.07) is 10.6. The molecule has 31 heavy (non-hydrogen) atoms. The summed E-state index contributed by atoms with van der Waals surface area (Å²) in [6.45, 7) is 3.73. The van der Waals surface area contributed by atoms with Crippen LogP contribution in [-0.2, 0) is 26.0 Å². The van der Waals surface area contributed by atoms with Crippen molar-refractivity contribution in [3.05, 3.63) is 47.5 Å². The van der Waals surface area contributed by atoms with Crippen molar-refractivity contribution in [2.75, 3.05) is 30.4 Å². The van der Waals surface area contributed by atoms with Crippen molar-refractivity contribution in [2.45, 2.75) is 37.7 Å². The van der Waals surface area contributed by atoms with E-state index in [0.717, 1.165) is 22.0 Å². The molecule has 0 spiro atoms. The molecule has 0 aliphatic carbocycles. The lowest BCUT2D eigenvalue weighted by Gasteiger charge is -2.27. The third-order valence-corrected chi connectivity index (χ3v) is 7.65. The summed E-state index contributed by atoms with van der Waals surface area (Å²) in [6.07, 6.45) is 0.553. The molecule has 4 rings (SSSR count). The molecule has 2 heterocycles. The molecule has 0 radical (unpaired) electrons. The second-order valence-corrected chi connectivity index (χ2v) is 9.82. The monoisotopic (exact) mass is 443 g/mol. The predicted molar refractivity (Wildman–Crippen MR) is 117 cm³/mol. The summed E-state index contributed by atoms with van der Waals surface area (Å²) >= 11 is 0. The molecule has 2 aromatic rings. The minimum absolute atomic E-state index is 0.0503. The van der Waals surface area contributed by atoms with Gasteiger partial charge in [-0.05, 0) is 43.0 Å². The number of anilines is 2. The van der Waals surface area contributed by atoms with Gasteiger partial charge in [-0.3, -0.25) is 9.59 Å². The maximum atomic E-state index is 13.3. The number of rotatable bonds is 5. The molecule has 8 nitrogen and oxygen atoms in total. The van der Waals surface area contributed by atoms with Crippen molar-refractivity contribution in [1.82, 2.24) is 4.31 Å². The molecule has 2 aliphatic heterocycles. The lowest BCUT2D eigenvalue weighted by atomic mass is 10.1. The van der Waals surface area contributed by atoms with E-state index in [4.69, 9.17) is 4.74 Å². The van der Waals surface area contributed by atoms with Gasteiger partial charge in [-0.1, -0.05) is 25.1 Å². The van der Waals surface area contributed by atoms with Gasteiger partial charge in [0.25, 0.3) is 5.91 Å². The Morgan fingerprint density at radius 1 is 1.29 bits per heavy atom. The van der Waals surface area contributed by atoms with Crippen LogP contribution in [-0.4, -0.2) is 50.8 Å². The number of hydrogen-bond acceptors (Lipinski definition) is 5. The van der Waals surface area contributed by atoms with Crippen LogP contribution in [0.1, 0.15) is 24.5 Å². The molecule has 0 bridgehead atoms. The Morgan fingerprint density at radius 2 is 2.03 bits per heavy atom. The standard InChI is InChI=1S/C22H25N3O5S/c1-4-18-22(27)23-16-11-14(2)20(12-19(16)30-18)31(28,29)24(3)13-21(26)25-10-9-15-7-5-6-8-17(15)25/h5-8,11-12,18H,4,9-10,13H2,1-3H3,(H,23,27)/t18-/m1/s1. The molecule has 0 saturated carbocycles. The van der Waals surface area contributed by atoms with Gasteiger partial charge in [0.15, 0.2) is 6.10 Å². The fourth-order valence-corrected chi connectivity index (χ4v) is 5.30. The van der Waals surface area contributed by atoms with Gasteiger partial charge in [-0.15, -0.1) is 0 Å². The molecule has 0 aromatic heterocycles. The number of benzene rings is 2. The first kappa shape index (κ1) is 21.3. The third kappa shape index (κ3) is 3.79. The lowest BCUT2D eigenvalue weighted by Crippen LogP contribution is -2.41. The van der Waals surface area contributed by atoms with Gasteiger partial charge < -0.3 is 15.0 Å². The molecule has 9 heteroatoms. The number of para-hydroxylation sites is 1. The number of likely N-dealkylation sites (N-methyl/N-ethyl adjacent to an activating group) is 1. The highest BCUT2D eigenvalue weighted by Gasteiger charge is 2.32. The van der Waals surface area contributed by atoms with Crippen LogP contribution in [0.15, 0.2) is 41.3 Å². The van der Waals surface area contributed by atoms with Crippen molar-refractivity contribution in [3.8, 4) is 5.75 Å². The molecular formula is C22H25N3O5S. The molecule has 2 aliphatic rings. The number of ether oxygens (including phenoxy) is 1. The summed E-state index contributed by atoms with van der Waals surface area (Å²) in [4.78, 5) is 26.6. The molecule has 1 atom stereocenters. The molecule has 164 valence electrons. The molecule has 2 amide bonds. The van der Waals surface area contributed by atoms with Gasteiger partial charge in [0.1, 0.15) is 5.75 Å². The molecule has 0 saturated heterocycles. The Morgan fingerprint density at radius 3 is 2.77 bits per heavy atom. The number of aryl methyl sites for hydroxylation is 1. The smallest absolute Gasteiger partial charge is 0.265 e. The highest BCUT2D eigenvalue weighted by molar-refractivity contribution is 7.89. The van der Waals surface area contributed by atoms with Gasteiger partial charge >= 0.3 is 0 Å². The van der Waals surface area contributed by atoms with Crippen LogP contribution in [0.4, 0.5) is 11.4 Å². The number of nitrogens with one attached hydrogen (secondary N) is 1. The van der Waals surface area contributed by atoms with E-state index in [0.29, 0.717) is 30.0 Å². The van der Waals surface area contributed by atoms with E-state index in [1.54, 1.807) is 17.9 Å². The van der Waals surface area contributed by atoms with Crippen molar-refractivity contribution >= 4 is 33.2 Å². The van der Waals surface area contributed by atoms with Crippen LogP contribution < -0.4 is 15.0 Å². The Hall–Kier alpha value is -2.91. The number of amides is 2. The first-order valence-electron chi connectivity index (χ1n) is 10.2. The summed E-state index contributed by atoms with van der Waals surface area (Å²) in [5, 5.41) is 2.76. The summed E-state index contributed by atoms with van der Waals surface area (Å²) in [5.41, 5.74) is 2.82. The van der Waals surface area contributed by atoms with Crippen LogP contribution in [0.2, 0.25) is 0 Å². The van der Waals surface area contributed by atoms with Crippen LogP contribution in [0.25, 0.3) is 0 Å². The largest absolute Gasteiger partial charge is 0.478 e. The van der Waals surface area contributed by atoms with Crippen molar-refractivity contribution in [3.63, 3.8) is 0 Å². The van der Waals surface area contributed by atoms with Gasteiger partial charge in [-0.25, -0.2) is 8.42 Å². The van der Waals surface area contributed by atoms with Crippen LogP contribution in [0.5, 0.6) is 5.75 Å². The zero-order chi connectivity index (χ0) is 22.3. The maximum absolute atomic E-state index is 13.3. The van der Waals surface area contributed by atoms with Crippen molar-refractivity contribution in [2.24, 2.45) is 0 Å². The van der Waals surface area contributed by atoms with E-state index in [1.807, 2.05) is 31.2 Å². The third-order valence-electron chi connectivity index (χ3n) is 5.70. The molecule has 0 fully saturated rings. The predicted octanol–water partition coefficient (Wildman–Crippen LogP) is 2.31. The fourth-order valence-electron chi connectivity index (χ4n) is 3.96. The first-order chi connectivity index (χ1) is 14.7. The molecular weight excluding hydrogens is 418 g/mol. The Kier molecular flexibility index (Phi) is 5.49. The van der Waals surface area contributed by atoms with Crippen LogP contribution >= 0.6 is 0 Å². The number of sulfonamides is 1. The lowest BCUT2D eigenvalue weighted by molar-refractivity contribution is -0.123. The number of hydrogen-bond donors (Lipinski definition) is 1. The Labute approximate surface area is 181 Å². The molecule has 1 N–H and O–H groups in total. The average Bonchev–Trinajstić information content (AvgIpc) is 3.17. The zero-order valence-corrected chi connectivity index (χ0v) is 18.5. The average molecular weight is 444 g/mol. The Balaban J connectivity index is 1.57. The quantitative estimate of drug-likeness (QED) is 0.765. The van der Waals surface area contributed by atoms with E-state index < -0.39 is 16.1 Å². The van der Waals surface area contributed by atoms with E-state index >= 15 is 0 Å². The van der Waals surface area contributed by atoms with E-state index in [2.05, 4.69) is 5.32 Å². The highest BCUT2D eigenvalue weighted by atomic mass is 32.2. The fraction of sp³-hybridized carbons (Fsp3) is 0.364. The number of carbonyl (C=O) groups excluding carboxylic acids is 2. The Bertz CT molecular complexity index is 1160. The zero-order valence-electron chi connectivity index (χ0n) is 17.7. The SMILES string of the molecule is CC[C@H]1Oc2cc(S(=O)(=O)N(C)CC(=O)N3CCc4ccccc43)c(C)cc2NC1=O. The van der Waals surface area contributed by atoms with Crippen molar-refractivity contribution < 1.29 is 22.7 Å². The van der Waals surface area contributed by atoms with Crippen molar-refractivity contribution in [1.29, 1.82) is 0 Å². The van der Waals surface area contributed by atoms with E-state index in [-0.39, 0.29) is 23.3 Å². The number of fused-ring (bicyclic) bond motifs is 2. The summed E-state index contributed by atoms with van der Waals surface area (Å²) in [7, 11) is -2.56. The van der Waals surface area contributed by atoms with Crippen LogP contribution in [0.3, 0.4) is 0 Å². The second kappa shape index (κ2) is 7.97. The summed E-state index contributed by atoms with van der Waals surface area (Å²) < 4.78 is 33.3. The van der Waals surface area contributed by atoms with Gasteiger partial charge in [-0.2, -0.15) is 4.31 Å². The number of nitrogens with zero attached hydrogens (tertiary/aromatic N) is 2. The van der Waals surface area contributed by atoms with Crippen LogP contribution in [0, 0.1) is 6.92 Å².